The monoisotopic (exact) mass is 318 g/mol. The van der Waals surface area contributed by atoms with Gasteiger partial charge in [-0.05, 0) is 13.8 Å². The van der Waals surface area contributed by atoms with Gasteiger partial charge in [0.15, 0.2) is 0 Å². The Morgan fingerprint density at radius 3 is 2.68 bits per heavy atom. The van der Waals surface area contributed by atoms with Crippen molar-refractivity contribution < 1.29 is 9.84 Å². The number of thiazole rings is 1. The van der Waals surface area contributed by atoms with E-state index in [0.717, 1.165) is 22.8 Å². The minimum absolute atomic E-state index is 0.102. The molecule has 4 nitrogen and oxygen atoms in total. The summed E-state index contributed by atoms with van der Waals surface area (Å²) in [6.07, 6.45) is 0. The van der Waals surface area contributed by atoms with E-state index in [4.69, 9.17) is 9.72 Å². The molecule has 1 aliphatic heterocycles. The number of aryl methyl sites for hydroxylation is 1. The van der Waals surface area contributed by atoms with Gasteiger partial charge in [-0.15, -0.1) is 11.3 Å². The fourth-order valence-corrected chi connectivity index (χ4v) is 3.71. The summed E-state index contributed by atoms with van der Waals surface area (Å²) in [6.45, 7) is 6.43. The molecule has 1 aromatic heterocycles. The molecule has 0 amide bonds. The van der Waals surface area contributed by atoms with Crippen LogP contribution in [-0.4, -0.2) is 36.5 Å². The van der Waals surface area contributed by atoms with Gasteiger partial charge in [0.05, 0.1) is 30.9 Å². The number of rotatable bonds is 6. The van der Waals surface area contributed by atoms with Gasteiger partial charge in [-0.2, -0.15) is 0 Å². The van der Waals surface area contributed by atoms with Crippen LogP contribution >= 0.6 is 11.3 Å². The number of aromatic nitrogens is 1. The molecule has 5 heteroatoms. The molecule has 0 spiro atoms. The highest BCUT2D eigenvalue weighted by molar-refractivity contribution is 7.15. The van der Waals surface area contributed by atoms with Crippen LogP contribution in [0.4, 0.5) is 0 Å². The zero-order valence-electron chi connectivity index (χ0n) is 13.0. The highest BCUT2D eigenvalue weighted by Crippen LogP contribution is 2.33. The van der Waals surface area contributed by atoms with Crippen LogP contribution in [0, 0.1) is 12.3 Å². The van der Waals surface area contributed by atoms with Crippen molar-refractivity contribution in [2.45, 2.75) is 19.9 Å². The van der Waals surface area contributed by atoms with E-state index in [1.54, 1.807) is 11.3 Å². The van der Waals surface area contributed by atoms with Gasteiger partial charge in [-0.1, -0.05) is 30.3 Å². The van der Waals surface area contributed by atoms with Gasteiger partial charge in [-0.25, -0.2) is 4.98 Å². The number of aliphatic hydroxyl groups is 1. The summed E-state index contributed by atoms with van der Waals surface area (Å²) in [6, 6.07) is 10.5. The third-order valence-electron chi connectivity index (χ3n) is 4.18. The molecule has 1 unspecified atom stereocenters. The van der Waals surface area contributed by atoms with E-state index in [0.29, 0.717) is 13.2 Å². The standard InChI is InChI=1S/C17H22N2O2S/c1-12(18-8-17(9-20)10-21-11-17)15-13(2)19-16(22-15)14-6-4-3-5-7-14/h3-7,12,18,20H,8-11H2,1-2H3. The molecule has 22 heavy (non-hydrogen) atoms. The van der Waals surface area contributed by atoms with Gasteiger partial charge in [0.25, 0.3) is 0 Å². The first-order valence-electron chi connectivity index (χ1n) is 7.58. The van der Waals surface area contributed by atoms with E-state index >= 15 is 0 Å². The van der Waals surface area contributed by atoms with E-state index < -0.39 is 0 Å². The van der Waals surface area contributed by atoms with Crippen molar-refractivity contribution in [2.24, 2.45) is 5.41 Å². The summed E-state index contributed by atoms with van der Waals surface area (Å²) < 4.78 is 5.24. The lowest BCUT2D eigenvalue weighted by Gasteiger charge is -2.40. The molecule has 1 fully saturated rings. The largest absolute Gasteiger partial charge is 0.396 e. The molecule has 0 saturated carbocycles. The lowest BCUT2D eigenvalue weighted by molar-refractivity contribution is -0.135. The molecule has 3 rings (SSSR count). The van der Waals surface area contributed by atoms with E-state index in [9.17, 15) is 5.11 Å². The van der Waals surface area contributed by atoms with Gasteiger partial charge in [0, 0.05) is 23.0 Å². The van der Waals surface area contributed by atoms with Crippen molar-refractivity contribution in [1.82, 2.24) is 10.3 Å². The smallest absolute Gasteiger partial charge is 0.123 e. The van der Waals surface area contributed by atoms with Crippen molar-refractivity contribution >= 4 is 11.3 Å². The molecule has 1 aliphatic rings. The Hall–Kier alpha value is -1.27. The third kappa shape index (κ3) is 3.08. The Bertz CT molecular complexity index is 617. The molecular weight excluding hydrogens is 296 g/mol. The SMILES string of the molecule is Cc1nc(-c2ccccc2)sc1C(C)NCC1(CO)COC1. The average Bonchev–Trinajstić information content (AvgIpc) is 2.89. The van der Waals surface area contributed by atoms with Crippen LogP contribution in [0.1, 0.15) is 23.5 Å². The van der Waals surface area contributed by atoms with Crippen molar-refractivity contribution in [2.75, 3.05) is 26.4 Å². The average molecular weight is 318 g/mol. The maximum atomic E-state index is 9.50. The van der Waals surface area contributed by atoms with E-state index in [-0.39, 0.29) is 18.1 Å². The zero-order chi connectivity index (χ0) is 15.6. The first kappa shape index (κ1) is 15.6. The van der Waals surface area contributed by atoms with Crippen molar-refractivity contribution in [1.29, 1.82) is 0 Å². The van der Waals surface area contributed by atoms with Crippen LogP contribution in [0.15, 0.2) is 30.3 Å². The number of ether oxygens (including phenoxy) is 1. The molecule has 1 saturated heterocycles. The molecule has 2 heterocycles. The van der Waals surface area contributed by atoms with Crippen molar-refractivity contribution in [3.8, 4) is 10.6 Å². The maximum absolute atomic E-state index is 9.50. The van der Waals surface area contributed by atoms with Crippen molar-refractivity contribution in [3.63, 3.8) is 0 Å². The van der Waals surface area contributed by atoms with Crippen LogP contribution < -0.4 is 5.32 Å². The Morgan fingerprint density at radius 2 is 2.09 bits per heavy atom. The molecule has 0 bridgehead atoms. The van der Waals surface area contributed by atoms with E-state index in [2.05, 4.69) is 31.3 Å². The number of nitrogens with zero attached hydrogens (tertiary/aromatic N) is 1. The number of benzene rings is 1. The van der Waals surface area contributed by atoms with Crippen LogP contribution in [0.3, 0.4) is 0 Å². The maximum Gasteiger partial charge on any atom is 0.123 e. The molecule has 2 aromatic rings. The fourth-order valence-electron chi connectivity index (χ4n) is 2.62. The lowest BCUT2D eigenvalue weighted by Crippen LogP contribution is -2.52. The molecule has 0 radical (unpaired) electrons. The van der Waals surface area contributed by atoms with Crippen LogP contribution in [-0.2, 0) is 4.74 Å². The van der Waals surface area contributed by atoms with Crippen LogP contribution in [0.2, 0.25) is 0 Å². The van der Waals surface area contributed by atoms with Gasteiger partial charge in [0.2, 0.25) is 0 Å². The van der Waals surface area contributed by atoms with Gasteiger partial charge >= 0.3 is 0 Å². The normalized spacial score (nSPS) is 18.0. The van der Waals surface area contributed by atoms with Crippen LogP contribution in [0.5, 0.6) is 0 Å². The van der Waals surface area contributed by atoms with Gasteiger partial charge < -0.3 is 15.2 Å². The van der Waals surface area contributed by atoms with Crippen molar-refractivity contribution in [3.05, 3.63) is 40.9 Å². The zero-order valence-corrected chi connectivity index (χ0v) is 13.8. The summed E-state index contributed by atoms with van der Waals surface area (Å²) >= 11 is 1.74. The van der Waals surface area contributed by atoms with Gasteiger partial charge in [0.1, 0.15) is 5.01 Å². The summed E-state index contributed by atoms with van der Waals surface area (Å²) in [4.78, 5) is 5.96. The minimum atomic E-state index is -0.102. The first-order valence-corrected chi connectivity index (χ1v) is 8.40. The number of hydrogen-bond acceptors (Lipinski definition) is 5. The predicted octanol–water partition coefficient (Wildman–Crippen LogP) is 2.78. The molecule has 1 atom stereocenters. The molecule has 118 valence electrons. The second-order valence-corrected chi connectivity index (χ2v) is 7.12. The highest BCUT2D eigenvalue weighted by Gasteiger charge is 2.38. The Morgan fingerprint density at radius 1 is 1.36 bits per heavy atom. The topological polar surface area (TPSA) is 54.4 Å². The second-order valence-electron chi connectivity index (χ2n) is 6.09. The van der Waals surface area contributed by atoms with E-state index in [1.807, 2.05) is 18.2 Å². The Labute approximate surface area is 135 Å². The molecule has 2 N–H and O–H groups in total. The summed E-state index contributed by atoms with van der Waals surface area (Å²) in [5.41, 5.74) is 2.13. The molecule has 1 aromatic carbocycles. The minimum Gasteiger partial charge on any atom is -0.396 e. The summed E-state index contributed by atoms with van der Waals surface area (Å²) in [5, 5.41) is 14.1. The van der Waals surface area contributed by atoms with Crippen LogP contribution in [0.25, 0.3) is 10.6 Å². The van der Waals surface area contributed by atoms with Gasteiger partial charge in [-0.3, -0.25) is 0 Å². The number of aliphatic hydroxyl groups excluding tert-OH is 1. The molecule has 0 aliphatic carbocycles. The van der Waals surface area contributed by atoms with E-state index in [1.165, 1.54) is 4.88 Å². The summed E-state index contributed by atoms with van der Waals surface area (Å²) in [7, 11) is 0. The Balaban J connectivity index is 1.70. The first-order chi connectivity index (χ1) is 10.6. The number of nitrogens with one attached hydrogen (secondary N) is 1. The summed E-state index contributed by atoms with van der Waals surface area (Å²) in [5.74, 6) is 0. The lowest BCUT2D eigenvalue weighted by atomic mass is 9.87. The molecular formula is C17H22N2O2S. The Kier molecular flexibility index (Phi) is 4.59. The third-order valence-corrected chi connectivity index (χ3v) is 5.57. The second kappa shape index (κ2) is 6.46. The predicted molar refractivity (Wildman–Crippen MR) is 89.0 cm³/mol. The highest BCUT2D eigenvalue weighted by atomic mass is 32.1. The quantitative estimate of drug-likeness (QED) is 0.860. The fraction of sp³-hybridized carbons (Fsp3) is 0.471. The number of hydrogen-bond donors (Lipinski definition) is 2.